The summed E-state index contributed by atoms with van der Waals surface area (Å²) >= 11 is 6.22. The number of halogens is 1. The van der Waals surface area contributed by atoms with Crippen LogP contribution in [-0.4, -0.2) is 27.4 Å². The zero-order valence-electron chi connectivity index (χ0n) is 11.5. The molecule has 0 atom stereocenters. The molecular weight excluding hydrogens is 256 g/mol. The summed E-state index contributed by atoms with van der Waals surface area (Å²) in [4.78, 5) is 5.88. The lowest BCUT2D eigenvalue weighted by atomic mass is 10.2. The van der Waals surface area contributed by atoms with Crippen molar-refractivity contribution in [2.45, 2.75) is 0 Å². The van der Waals surface area contributed by atoms with Gasteiger partial charge in [0.15, 0.2) is 0 Å². The van der Waals surface area contributed by atoms with Crippen LogP contribution >= 0.6 is 11.6 Å². The van der Waals surface area contributed by atoms with Crippen LogP contribution in [0.15, 0.2) is 53.6 Å². The molecule has 0 fully saturated rings. The summed E-state index contributed by atoms with van der Waals surface area (Å²) in [6.07, 6.45) is 13.4. The minimum absolute atomic E-state index is 0.754. The third-order valence-corrected chi connectivity index (χ3v) is 2.78. The monoisotopic (exact) mass is 274 g/mol. The molecule has 1 aromatic rings. The molecule has 0 heterocycles. The Morgan fingerprint density at radius 2 is 1.74 bits per heavy atom. The van der Waals surface area contributed by atoms with E-state index in [2.05, 4.69) is 4.99 Å². The number of hydrogen-bond donors (Lipinski definition) is 0. The molecule has 0 unspecified atom stereocenters. The van der Waals surface area contributed by atoms with Crippen molar-refractivity contribution in [1.29, 1.82) is 0 Å². The van der Waals surface area contributed by atoms with E-state index in [0.29, 0.717) is 0 Å². The fourth-order valence-corrected chi connectivity index (χ4v) is 1.65. The molecule has 3 heteroatoms. The second-order valence-electron chi connectivity index (χ2n) is 4.14. The van der Waals surface area contributed by atoms with Gasteiger partial charge in [-0.3, -0.25) is 4.99 Å². The quantitative estimate of drug-likeness (QED) is 0.579. The van der Waals surface area contributed by atoms with Crippen molar-refractivity contribution in [3.8, 4) is 0 Å². The Hall–Kier alpha value is -1.80. The molecule has 100 valence electrons. The first-order valence-corrected chi connectivity index (χ1v) is 6.42. The predicted molar refractivity (Wildman–Crippen MR) is 87.5 cm³/mol. The highest BCUT2D eigenvalue weighted by Gasteiger charge is 1.99. The Bertz CT molecular complexity index is 511. The van der Waals surface area contributed by atoms with E-state index in [-0.39, 0.29) is 0 Å². The topological polar surface area (TPSA) is 15.6 Å². The van der Waals surface area contributed by atoms with Crippen LogP contribution in [0.4, 0.5) is 5.69 Å². The average molecular weight is 275 g/mol. The van der Waals surface area contributed by atoms with E-state index in [4.69, 9.17) is 11.6 Å². The van der Waals surface area contributed by atoms with E-state index in [1.54, 1.807) is 13.3 Å². The normalized spacial score (nSPS) is 12.4. The summed E-state index contributed by atoms with van der Waals surface area (Å²) in [5.41, 5.74) is 2.11. The number of aliphatic imine (C=N–C) groups is 1. The number of nitrogens with zero attached hydrogens (tertiary/aromatic N) is 2. The van der Waals surface area contributed by atoms with Crippen LogP contribution in [0.3, 0.4) is 0 Å². The number of rotatable bonds is 5. The van der Waals surface area contributed by atoms with Crippen molar-refractivity contribution in [3.63, 3.8) is 0 Å². The Morgan fingerprint density at radius 1 is 1.05 bits per heavy atom. The first-order chi connectivity index (χ1) is 9.15. The van der Waals surface area contributed by atoms with Gasteiger partial charge in [0, 0.05) is 38.1 Å². The van der Waals surface area contributed by atoms with Gasteiger partial charge in [-0.1, -0.05) is 48.0 Å². The fraction of sp³-hybridized carbons (Fsp3) is 0.188. The van der Waals surface area contributed by atoms with Gasteiger partial charge in [0.25, 0.3) is 0 Å². The summed E-state index contributed by atoms with van der Waals surface area (Å²) in [6, 6.07) is 6.02. The molecular formula is C16H19ClN2. The van der Waals surface area contributed by atoms with Crippen molar-refractivity contribution < 1.29 is 0 Å². The van der Waals surface area contributed by atoms with Crippen molar-refractivity contribution >= 4 is 29.6 Å². The van der Waals surface area contributed by atoms with E-state index in [1.807, 2.05) is 73.7 Å². The summed E-state index contributed by atoms with van der Waals surface area (Å²) in [5.74, 6) is 0. The van der Waals surface area contributed by atoms with Gasteiger partial charge in [-0.2, -0.15) is 0 Å². The smallest absolute Gasteiger partial charge is 0.0498 e. The number of anilines is 1. The minimum Gasteiger partial charge on any atom is -0.378 e. The summed E-state index contributed by atoms with van der Waals surface area (Å²) in [6.45, 7) is 0. The Balaban J connectivity index is 2.67. The molecule has 0 aliphatic rings. The molecule has 0 saturated carbocycles. The highest BCUT2D eigenvalue weighted by atomic mass is 35.5. The fourth-order valence-electron chi connectivity index (χ4n) is 1.42. The van der Waals surface area contributed by atoms with Crippen LogP contribution in [0.5, 0.6) is 0 Å². The molecule has 2 nitrogen and oxygen atoms in total. The van der Waals surface area contributed by atoms with Crippen LogP contribution in [0, 0.1) is 0 Å². The number of allylic oxidation sites excluding steroid dienone is 5. The van der Waals surface area contributed by atoms with Gasteiger partial charge in [0.1, 0.15) is 0 Å². The first-order valence-electron chi connectivity index (χ1n) is 6.04. The largest absolute Gasteiger partial charge is 0.378 e. The molecule has 0 radical (unpaired) electrons. The first kappa shape index (κ1) is 15.3. The molecule has 0 bridgehead atoms. The Labute approximate surface area is 120 Å². The third kappa shape index (κ3) is 5.58. The SMILES string of the molecule is CN=C\C=C/C=C/C=C/c1ccc(N(C)C)cc1Cl. The van der Waals surface area contributed by atoms with Crippen molar-refractivity contribution in [1.82, 2.24) is 0 Å². The molecule has 1 rings (SSSR count). The van der Waals surface area contributed by atoms with Gasteiger partial charge >= 0.3 is 0 Å². The predicted octanol–water partition coefficient (Wildman–Crippen LogP) is 4.23. The number of benzene rings is 1. The molecule has 0 N–H and O–H groups in total. The molecule has 19 heavy (non-hydrogen) atoms. The van der Waals surface area contributed by atoms with Crippen LogP contribution in [0.1, 0.15) is 5.56 Å². The van der Waals surface area contributed by atoms with Gasteiger partial charge in [0.2, 0.25) is 0 Å². The maximum Gasteiger partial charge on any atom is 0.0498 e. The summed E-state index contributed by atoms with van der Waals surface area (Å²) in [7, 11) is 5.74. The van der Waals surface area contributed by atoms with Crippen LogP contribution in [0.2, 0.25) is 5.02 Å². The lowest BCUT2D eigenvalue weighted by molar-refractivity contribution is 1.13. The Morgan fingerprint density at radius 3 is 2.37 bits per heavy atom. The van der Waals surface area contributed by atoms with Gasteiger partial charge in [0.05, 0.1) is 0 Å². The Kier molecular flexibility index (Phi) is 6.69. The van der Waals surface area contributed by atoms with Crippen LogP contribution in [-0.2, 0) is 0 Å². The van der Waals surface area contributed by atoms with Crippen molar-refractivity contribution in [3.05, 3.63) is 59.2 Å². The van der Waals surface area contributed by atoms with E-state index in [1.165, 1.54) is 0 Å². The number of hydrogen-bond acceptors (Lipinski definition) is 2. The van der Waals surface area contributed by atoms with Crippen molar-refractivity contribution in [2.75, 3.05) is 26.0 Å². The van der Waals surface area contributed by atoms with Gasteiger partial charge in [-0.15, -0.1) is 0 Å². The lowest BCUT2D eigenvalue weighted by Crippen LogP contribution is -2.08. The average Bonchev–Trinajstić information content (AvgIpc) is 2.39. The van der Waals surface area contributed by atoms with E-state index in [0.717, 1.165) is 16.3 Å². The van der Waals surface area contributed by atoms with E-state index < -0.39 is 0 Å². The minimum atomic E-state index is 0.754. The molecule has 0 spiro atoms. The molecule has 0 aromatic heterocycles. The van der Waals surface area contributed by atoms with Gasteiger partial charge < -0.3 is 4.90 Å². The zero-order valence-corrected chi connectivity index (χ0v) is 12.3. The molecule has 0 amide bonds. The van der Waals surface area contributed by atoms with Crippen molar-refractivity contribution in [2.24, 2.45) is 4.99 Å². The zero-order chi connectivity index (χ0) is 14.1. The second-order valence-corrected chi connectivity index (χ2v) is 4.54. The maximum absolute atomic E-state index is 6.22. The lowest BCUT2D eigenvalue weighted by Gasteiger charge is -2.13. The molecule has 1 aromatic carbocycles. The highest BCUT2D eigenvalue weighted by Crippen LogP contribution is 2.23. The van der Waals surface area contributed by atoms with E-state index >= 15 is 0 Å². The summed E-state index contributed by atoms with van der Waals surface area (Å²) < 4.78 is 0. The second kappa shape index (κ2) is 8.33. The van der Waals surface area contributed by atoms with Gasteiger partial charge in [-0.25, -0.2) is 0 Å². The standard InChI is InChI=1S/C16H19ClN2/c1-18-12-8-6-4-5-7-9-14-10-11-15(19(2)3)13-16(14)17/h4-13H,1-3H3/b5-4+,8-6-,9-7+,18-12?. The third-order valence-electron chi connectivity index (χ3n) is 2.46. The maximum atomic E-state index is 6.22. The van der Waals surface area contributed by atoms with Crippen LogP contribution < -0.4 is 4.90 Å². The van der Waals surface area contributed by atoms with E-state index in [9.17, 15) is 0 Å². The van der Waals surface area contributed by atoms with Crippen LogP contribution in [0.25, 0.3) is 6.08 Å². The molecule has 0 aliphatic heterocycles. The molecule has 0 aliphatic carbocycles. The molecule has 0 saturated heterocycles. The summed E-state index contributed by atoms with van der Waals surface area (Å²) in [5, 5.41) is 0.754. The highest BCUT2D eigenvalue weighted by molar-refractivity contribution is 6.32. The van der Waals surface area contributed by atoms with Gasteiger partial charge in [-0.05, 0) is 23.8 Å².